The molecule has 0 bridgehead atoms. The van der Waals surface area contributed by atoms with Gasteiger partial charge in [0.15, 0.2) is 0 Å². The Morgan fingerprint density at radius 2 is 2.07 bits per heavy atom. The van der Waals surface area contributed by atoms with Crippen LogP contribution in [0.15, 0.2) is 29.6 Å². The van der Waals surface area contributed by atoms with Gasteiger partial charge in [0.05, 0.1) is 5.56 Å². The van der Waals surface area contributed by atoms with Crippen molar-refractivity contribution in [2.75, 3.05) is 18.4 Å². The summed E-state index contributed by atoms with van der Waals surface area (Å²) in [5, 5.41) is 4.93. The third-order valence-electron chi connectivity index (χ3n) is 5.17. The molecule has 4 nitrogen and oxygen atoms in total. The smallest absolute Gasteiger partial charge is 0.255 e. The van der Waals surface area contributed by atoms with E-state index in [4.69, 9.17) is 0 Å². The number of aryl methyl sites for hydroxylation is 1. The lowest BCUT2D eigenvalue weighted by atomic mass is 9.88. The van der Waals surface area contributed by atoms with E-state index in [1.165, 1.54) is 10.4 Å². The molecule has 0 saturated heterocycles. The summed E-state index contributed by atoms with van der Waals surface area (Å²) in [7, 11) is 0. The topological polar surface area (TPSA) is 49.4 Å². The number of hydrogen-bond donors (Lipinski definition) is 1. The van der Waals surface area contributed by atoms with Crippen molar-refractivity contribution in [1.82, 2.24) is 4.90 Å². The number of benzene rings is 1. The van der Waals surface area contributed by atoms with E-state index in [0.717, 1.165) is 42.5 Å². The maximum Gasteiger partial charge on any atom is 0.255 e. The van der Waals surface area contributed by atoms with Crippen molar-refractivity contribution in [3.63, 3.8) is 0 Å². The van der Waals surface area contributed by atoms with E-state index in [0.29, 0.717) is 12.5 Å². The fourth-order valence-electron chi connectivity index (χ4n) is 3.63. The summed E-state index contributed by atoms with van der Waals surface area (Å²) >= 11 is 1.69. The van der Waals surface area contributed by atoms with E-state index in [2.05, 4.69) is 12.2 Å². The van der Waals surface area contributed by atoms with Crippen LogP contribution in [-0.4, -0.2) is 29.8 Å². The zero-order chi connectivity index (χ0) is 19.4. The van der Waals surface area contributed by atoms with Crippen LogP contribution < -0.4 is 5.32 Å². The average molecular weight is 385 g/mol. The average Bonchev–Trinajstić information content (AvgIpc) is 3.05. The van der Waals surface area contributed by atoms with E-state index in [9.17, 15) is 9.59 Å². The first-order valence-electron chi connectivity index (χ1n) is 9.73. The van der Waals surface area contributed by atoms with Crippen LogP contribution in [0.25, 0.3) is 0 Å². The molecule has 0 aliphatic heterocycles. The lowest BCUT2D eigenvalue weighted by Gasteiger charge is -2.24. The monoisotopic (exact) mass is 384 g/mol. The molecule has 1 N–H and O–H groups in total. The van der Waals surface area contributed by atoms with E-state index in [-0.39, 0.29) is 18.4 Å². The number of carbonyl (C=O) groups is 2. The largest absolute Gasteiger partial charge is 0.329 e. The molecule has 0 fully saturated rings. The Hall–Kier alpha value is -2.14. The molecule has 0 saturated carbocycles. The minimum atomic E-state index is -0.149. The Bertz CT molecular complexity index is 827. The number of hydrogen-bond acceptors (Lipinski definition) is 3. The molecule has 1 aromatic carbocycles. The fraction of sp³-hybridized carbons (Fsp3) is 0.455. The third-order valence-corrected chi connectivity index (χ3v) is 6.22. The van der Waals surface area contributed by atoms with Gasteiger partial charge in [-0.15, -0.1) is 11.3 Å². The molecule has 1 unspecified atom stereocenters. The molecule has 1 aromatic heterocycles. The number of amides is 2. The van der Waals surface area contributed by atoms with Crippen molar-refractivity contribution in [3.8, 4) is 0 Å². The molecule has 5 heteroatoms. The summed E-state index contributed by atoms with van der Waals surface area (Å²) in [5.74, 6) is 0.526. The van der Waals surface area contributed by atoms with Gasteiger partial charge in [0, 0.05) is 22.5 Å². The fourth-order valence-corrected chi connectivity index (χ4v) is 4.86. The van der Waals surface area contributed by atoms with Crippen LogP contribution in [0.3, 0.4) is 0 Å². The van der Waals surface area contributed by atoms with Gasteiger partial charge in [-0.1, -0.05) is 32.0 Å². The summed E-state index contributed by atoms with van der Waals surface area (Å²) in [4.78, 5) is 28.7. The molecule has 144 valence electrons. The van der Waals surface area contributed by atoms with Crippen molar-refractivity contribution in [2.45, 2.75) is 46.5 Å². The molecule has 27 heavy (non-hydrogen) atoms. The second kappa shape index (κ2) is 8.70. The highest BCUT2D eigenvalue weighted by molar-refractivity contribution is 7.10. The van der Waals surface area contributed by atoms with Crippen molar-refractivity contribution in [3.05, 3.63) is 51.2 Å². The number of para-hydroxylation sites is 1. The van der Waals surface area contributed by atoms with Crippen LogP contribution in [-0.2, 0) is 17.6 Å². The summed E-state index contributed by atoms with van der Waals surface area (Å²) in [5.41, 5.74) is 3.83. The minimum Gasteiger partial charge on any atom is -0.329 e. The number of nitrogens with one attached hydrogen (secondary N) is 1. The molecule has 1 aliphatic rings. The molecule has 1 aliphatic carbocycles. The van der Waals surface area contributed by atoms with Crippen molar-refractivity contribution < 1.29 is 9.59 Å². The van der Waals surface area contributed by atoms with Gasteiger partial charge in [-0.2, -0.15) is 0 Å². The van der Waals surface area contributed by atoms with Gasteiger partial charge >= 0.3 is 0 Å². The van der Waals surface area contributed by atoms with Crippen LogP contribution in [0.2, 0.25) is 0 Å². The molecule has 1 heterocycles. The second-order valence-corrected chi connectivity index (χ2v) is 8.45. The van der Waals surface area contributed by atoms with Gasteiger partial charge in [0.2, 0.25) is 5.91 Å². The number of rotatable bonds is 6. The standard InChI is InChI=1S/C22H28N2O2S/c1-4-11-24(13-21(25)23-19-8-6-5-7-16(19)3)22(26)18-14-27-20-12-15(2)9-10-17(18)20/h5-8,14-15H,4,9-13H2,1-3H3,(H,23,25). The normalized spacial score (nSPS) is 15.9. The Morgan fingerprint density at radius 3 is 2.81 bits per heavy atom. The van der Waals surface area contributed by atoms with Crippen LogP contribution in [0.1, 0.15) is 53.1 Å². The second-order valence-electron chi connectivity index (χ2n) is 7.49. The van der Waals surface area contributed by atoms with E-state index in [1.807, 2.05) is 43.5 Å². The van der Waals surface area contributed by atoms with Crippen molar-refractivity contribution in [1.29, 1.82) is 0 Å². The summed E-state index contributed by atoms with van der Waals surface area (Å²) in [6.45, 7) is 6.93. The van der Waals surface area contributed by atoms with E-state index >= 15 is 0 Å². The molecule has 0 spiro atoms. The first-order chi connectivity index (χ1) is 13.0. The van der Waals surface area contributed by atoms with Crippen LogP contribution in [0.4, 0.5) is 5.69 Å². The predicted molar refractivity (Wildman–Crippen MR) is 112 cm³/mol. The number of carbonyl (C=O) groups excluding carboxylic acids is 2. The first kappa shape index (κ1) is 19.6. The first-order valence-corrected chi connectivity index (χ1v) is 10.6. The van der Waals surface area contributed by atoms with Gasteiger partial charge in [-0.05, 0) is 55.7 Å². The Kier molecular flexibility index (Phi) is 6.32. The summed E-state index contributed by atoms with van der Waals surface area (Å²) < 4.78 is 0. The number of fused-ring (bicyclic) bond motifs is 1. The highest BCUT2D eigenvalue weighted by Crippen LogP contribution is 2.33. The Morgan fingerprint density at radius 1 is 1.30 bits per heavy atom. The van der Waals surface area contributed by atoms with Gasteiger partial charge in [0.25, 0.3) is 5.91 Å². The quantitative estimate of drug-likeness (QED) is 0.787. The number of thiophene rings is 1. The van der Waals surface area contributed by atoms with E-state index < -0.39 is 0 Å². The van der Waals surface area contributed by atoms with Crippen molar-refractivity contribution >= 4 is 28.8 Å². The summed E-state index contributed by atoms with van der Waals surface area (Å²) in [6.07, 6.45) is 3.99. The van der Waals surface area contributed by atoms with Gasteiger partial charge in [0.1, 0.15) is 6.54 Å². The highest BCUT2D eigenvalue weighted by atomic mass is 32.1. The van der Waals surface area contributed by atoms with Crippen LogP contribution in [0.5, 0.6) is 0 Å². The van der Waals surface area contributed by atoms with Gasteiger partial charge in [-0.25, -0.2) is 0 Å². The Balaban J connectivity index is 1.72. The lowest BCUT2D eigenvalue weighted by Crippen LogP contribution is -2.39. The van der Waals surface area contributed by atoms with Gasteiger partial charge < -0.3 is 10.2 Å². The molecule has 0 radical (unpaired) electrons. The molecular weight excluding hydrogens is 356 g/mol. The zero-order valence-corrected chi connectivity index (χ0v) is 17.2. The molecule has 3 rings (SSSR count). The van der Waals surface area contributed by atoms with Crippen LogP contribution in [0, 0.1) is 12.8 Å². The highest BCUT2D eigenvalue weighted by Gasteiger charge is 2.26. The molecule has 2 amide bonds. The van der Waals surface area contributed by atoms with Crippen molar-refractivity contribution in [2.24, 2.45) is 5.92 Å². The minimum absolute atomic E-state index is 0.0103. The maximum absolute atomic E-state index is 13.2. The third kappa shape index (κ3) is 4.59. The lowest BCUT2D eigenvalue weighted by molar-refractivity contribution is -0.116. The predicted octanol–water partition coefficient (Wildman–Crippen LogP) is 4.67. The Labute approximate surface area is 165 Å². The zero-order valence-electron chi connectivity index (χ0n) is 16.4. The summed E-state index contributed by atoms with van der Waals surface area (Å²) in [6, 6.07) is 7.69. The number of anilines is 1. The SMILES string of the molecule is CCCN(CC(=O)Nc1ccccc1C)C(=O)c1csc2c1CCC(C)C2. The molecular formula is C22H28N2O2S. The molecule has 2 aromatic rings. The van der Waals surface area contributed by atoms with Crippen LogP contribution >= 0.6 is 11.3 Å². The maximum atomic E-state index is 13.2. The number of nitrogens with zero attached hydrogens (tertiary/aromatic N) is 1. The van der Waals surface area contributed by atoms with Gasteiger partial charge in [-0.3, -0.25) is 9.59 Å². The molecule has 1 atom stereocenters. The van der Waals surface area contributed by atoms with E-state index in [1.54, 1.807) is 16.2 Å².